The van der Waals surface area contributed by atoms with Crippen LogP contribution in [-0.2, 0) is 17.8 Å². The minimum Gasteiger partial charge on any atom is -0.467 e. The van der Waals surface area contributed by atoms with Gasteiger partial charge < -0.3 is 19.8 Å². The topological polar surface area (TPSA) is 71.7 Å². The van der Waals surface area contributed by atoms with Gasteiger partial charge in [-0.3, -0.25) is 4.99 Å². The van der Waals surface area contributed by atoms with Crippen molar-refractivity contribution in [2.45, 2.75) is 26.4 Å². The number of hydrogen-bond acceptors (Lipinski definition) is 6. The number of aromatic nitrogens is 1. The van der Waals surface area contributed by atoms with Crippen LogP contribution < -0.4 is 10.6 Å². The number of ether oxygens (including phenoxy) is 1. The van der Waals surface area contributed by atoms with Gasteiger partial charge in [0.05, 0.1) is 21.8 Å². The fourth-order valence-corrected chi connectivity index (χ4v) is 4.26. The lowest BCUT2D eigenvalue weighted by atomic mass is 10.3. The first-order valence-electron chi connectivity index (χ1n) is 9.30. The molecule has 0 saturated carbocycles. The van der Waals surface area contributed by atoms with E-state index in [1.807, 2.05) is 19.1 Å². The van der Waals surface area contributed by atoms with Gasteiger partial charge in [-0.1, -0.05) is 0 Å². The molecule has 29 heavy (non-hydrogen) atoms. The first-order chi connectivity index (χ1) is 13.7. The van der Waals surface area contributed by atoms with Gasteiger partial charge in [-0.15, -0.1) is 46.7 Å². The molecule has 3 aromatic heterocycles. The lowest BCUT2D eigenvalue weighted by Crippen LogP contribution is -2.38. The summed E-state index contributed by atoms with van der Waals surface area (Å²) in [5, 5.41) is 9.90. The van der Waals surface area contributed by atoms with Crippen molar-refractivity contribution in [1.29, 1.82) is 0 Å². The minimum atomic E-state index is 0. The Morgan fingerprint density at radius 3 is 2.83 bits per heavy atom. The molecule has 3 heterocycles. The average molecular weight is 547 g/mol. The lowest BCUT2D eigenvalue weighted by molar-refractivity contribution is 0.105. The molecule has 9 heteroatoms. The van der Waals surface area contributed by atoms with E-state index in [0.29, 0.717) is 13.2 Å². The Hall–Kier alpha value is -1.43. The standard InChI is InChI=1S/C20H26N4O2S2.HI/c1-15-24-18(14-27-15)19-7-6-17(28-19)8-10-23-20(21-2)22-9-4-11-25-13-16-5-3-12-26-16;/h3,5-7,12,14H,4,8-11,13H2,1-2H3,(H2,21,22,23);1H. The number of nitrogens with one attached hydrogen (secondary N) is 2. The Morgan fingerprint density at radius 1 is 1.24 bits per heavy atom. The van der Waals surface area contributed by atoms with Gasteiger partial charge in [0.2, 0.25) is 0 Å². The van der Waals surface area contributed by atoms with Crippen LogP contribution in [0.15, 0.2) is 45.3 Å². The molecule has 6 nitrogen and oxygen atoms in total. The van der Waals surface area contributed by atoms with Crippen LogP contribution in [0.4, 0.5) is 0 Å². The third kappa shape index (κ3) is 8.07. The summed E-state index contributed by atoms with van der Waals surface area (Å²) in [6.45, 7) is 4.88. The van der Waals surface area contributed by atoms with Gasteiger partial charge in [0, 0.05) is 37.0 Å². The number of thiophene rings is 1. The SMILES string of the molecule is CN=C(NCCCOCc1ccco1)NCCc1ccc(-c2csc(C)n2)s1.I. The summed E-state index contributed by atoms with van der Waals surface area (Å²) in [6.07, 6.45) is 3.52. The van der Waals surface area contributed by atoms with Crippen molar-refractivity contribution < 1.29 is 9.15 Å². The van der Waals surface area contributed by atoms with Gasteiger partial charge in [0.15, 0.2) is 5.96 Å². The Morgan fingerprint density at radius 2 is 2.10 bits per heavy atom. The number of aliphatic imine (C=N–C) groups is 1. The van der Waals surface area contributed by atoms with Gasteiger partial charge in [0.25, 0.3) is 0 Å². The molecule has 0 bridgehead atoms. The zero-order valence-electron chi connectivity index (χ0n) is 16.6. The molecule has 3 rings (SSSR count). The highest BCUT2D eigenvalue weighted by Gasteiger charge is 2.06. The zero-order chi connectivity index (χ0) is 19.6. The average Bonchev–Trinajstić information content (AvgIpc) is 3.45. The molecule has 2 N–H and O–H groups in total. The number of rotatable bonds is 10. The molecular weight excluding hydrogens is 519 g/mol. The van der Waals surface area contributed by atoms with E-state index in [1.165, 1.54) is 9.75 Å². The normalized spacial score (nSPS) is 11.3. The van der Waals surface area contributed by atoms with E-state index in [-0.39, 0.29) is 24.0 Å². The van der Waals surface area contributed by atoms with Crippen LogP contribution in [0.1, 0.15) is 22.1 Å². The predicted molar refractivity (Wildman–Crippen MR) is 132 cm³/mol. The molecule has 0 aromatic carbocycles. The van der Waals surface area contributed by atoms with E-state index in [9.17, 15) is 0 Å². The van der Waals surface area contributed by atoms with Crippen molar-refractivity contribution in [3.63, 3.8) is 0 Å². The minimum absolute atomic E-state index is 0. The van der Waals surface area contributed by atoms with Crippen LogP contribution in [0, 0.1) is 6.92 Å². The fourth-order valence-electron chi connectivity index (χ4n) is 2.60. The van der Waals surface area contributed by atoms with Gasteiger partial charge in [0.1, 0.15) is 12.4 Å². The monoisotopic (exact) mass is 546 g/mol. The smallest absolute Gasteiger partial charge is 0.190 e. The summed E-state index contributed by atoms with van der Waals surface area (Å²) < 4.78 is 10.8. The zero-order valence-corrected chi connectivity index (χ0v) is 20.6. The van der Waals surface area contributed by atoms with Crippen molar-refractivity contribution in [2.75, 3.05) is 26.7 Å². The van der Waals surface area contributed by atoms with Crippen LogP contribution in [-0.4, -0.2) is 37.7 Å². The maximum atomic E-state index is 5.58. The van der Waals surface area contributed by atoms with Crippen molar-refractivity contribution in [2.24, 2.45) is 4.99 Å². The van der Waals surface area contributed by atoms with Gasteiger partial charge >= 0.3 is 0 Å². The second-order valence-corrected chi connectivity index (χ2v) is 8.41. The van der Waals surface area contributed by atoms with E-state index in [0.717, 1.165) is 48.4 Å². The molecule has 0 radical (unpaired) electrons. The summed E-state index contributed by atoms with van der Waals surface area (Å²) in [4.78, 5) is 11.4. The van der Waals surface area contributed by atoms with Crippen LogP contribution >= 0.6 is 46.7 Å². The molecule has 0 spiro atoms. The molecule has 158 valence electrons. The van der Waals surface area contributed by atoms with Crippen LogP contribution in [0.5, 0.6) is 0 Å². The highest BCUT2D eigenvalue weighted by Crippen LogP contribution is 2.29. The quantitative estimate of drug-likeness (QED) is 0.167. The number of guanidine groups is 1. The largest absolute Gasteiger partial charge is 0.467 e. The van der Waals surface area contributed by atoms with Crippen LogP contribution in [0.3, 0.4) is 0 Å². The van der Waals surface area contributed by atoms with E-state index >= 15 is 0 Å². The van der Waals surface area contributed by atoms with Crippen LogP contribution in [0.2, 0.25) is 0 Å². The Kier molecular flexibility index (Phi) is 10.7. The van der Waals surface area contributed by atoms with Gasteiger partial charge in [-0.25, -0.2) is 4.98 Å². The highest BCUT2D eigenvalue weighted by atomic mass is 127. The molecule has 0 amide bonds. The third-order valence-corrected chi connectivity index (χ3v) is 5.94. The maximum Gasteiger partial charge on any atom is 0.190 e. The second-order valence-electron chi connectivity index (χ2n) is 6.18. The first-order valence-corrected chi connectivity index (χ1v) is 11.0. The summed E-state index contributed by atoms with van der Waals surface area (Å²) in [7, 11) is 1.79. The Bertz CT molecular complexity index is 862. The number of aryl methyl sites for hydroxylation is 1. The first kappa shape index (κ1) is 23.8. The molecule has 0 aliphatic carbocycles. The second kappa shape index (κ2) is 13.0. The van der Waals surface area contributed by atoms with Crippen molar-refractivity contribution in [1.82, 2.24) is 15.6 Å². The predicted octanol–water partition coefficient (Wildman–Crippen LogP) is 4.71. The highest BCUT2D eigenvalue weighted by molar-refractivity contribution is 14.0. The number of thiazole rings is 1. The number of nitrogens with zero attached hydrogens (tertiary/aromatic N) is 2. The molecule has 0 saturated heterocycles. The molecular formula is C20H27IN4O2S2. The fraction of sp³-hybridized carbons (Fsp3) is 0.400. The van der Waals surface area contributed by atoms with Crippen molar-refractivity contribution in [3.05, 3.63) is 51.6 Å². The third-order valence-electron chi connectivity index (χ3n) is 4.00. The van der Waals surface area contributed by atoms with Gasteiger partial charge in [-0.05, 0) is 44.0 Å². The molecule has 0 aliphatic heterocycles. The molecule has 0 unspecified atom stereocenters. The van der Waals surface area contributed by atoms with E-state index < -0.39 is 0 Å². The van der Waals surface area contributed by atoms with E-state index in [1.54, 1.807) is 36.0 Å². The number of halogens is 1. The Labute approximate surface area is 196 Å². The molecule has 0 fully saturated rings. The van der Waals surface area contributed by atoms with Crippen LogP contribution in [0.25, 0.3) is 10.6 Å². The summed E-state index contributed by atoms with van der Waals surface area (Å²) >= 11 is 3.49. The van der Waals surface area contributed by atoms with E-state index in [4.69, 9.17) is 9.15 Å². The van der Waals surface area contributed by atoms with Gasteiger partial charge in [-0.2, -0.15) is 0 Å². The summed E-state index contributed by atoms with van der Waals surface area (Å²) in [5.74, 6) is 1.67. The Balaban J connectivity index is 0.00000300. The molecule has 0 aliphatic rings. The summed E-state index contributed by atoms with van der Waals surface area (Å²) in [6, 6.07) is 8.12. The summed E-state index contributed by atoms with van der Waals surface area (Å²) in [5.41, 5.74) is 1.08. The maximum absolute atomic E-state index is 5.58. The van der Waals surface area contributed by atoms with E-state index in [2.05, 4.69) is 38.1 Å². The number of furan rings is 1. The molecule has 0 atom stereocenters. The number of hydrogen-bond donors (Lipinski definition) is 2. The lowest BCUT2D eigenvalue weighted by Gasteiger charge is -2.11. The van der Waals surface area contributed by atoms with Crippen molar-refractivity contribution in [3.8, 4) is 10.6 Å². The van der Waals surface area contributed by atoms with Crippen molar-refractivity contribution >= 4 is 52.6 Å². The molecule has 3 aromatic rings.